The highest BCUT2D eigenvalue weighted by atomic mass is 32.1. The van der Waals surface area contributed by atoms with Gasteiger partial charge in [-0.2, -0.15) is 0 Å². The Morgan fingerprint density at radius 1 is 1.13 bits per heavy atom. The van der Waals surface area contributed by atoms with Crippen LogP contribution in [0.25, 0.3) is 10.2 Å². The molecule has 0 radical (unpaired) electrons. The normalized spacial score (nSPS) is 12.5. The van der Waals surface area contributed by atoms with Crippen molar-refractivity contribution in [1.29, 1.82) is 0 Å². The SMILES string of the molecule is CCN(CC)CCCC(C)NC(=O)c1cc2ccsc2n1CCCc1ccccc1. The highest BCUT2D eigenvalue weighted by molar-refractivity contribution is 7.16. The number of hydrogen-bond donors (Lipinski definition) is 1. The van der Waals surface area contributed by atoms with Crippen molar-refractivity contribution in [1.82, 2.24) is 14.8 Å². The number of nitrogens with one attached hydrogen (secondary N) is 1. The number of fused-ring (bicyclic) bond motifs is 1. The van der Waals surface area contributed by atoms with E-state index >= 15 is 0 Å². The fourth-order valence-corrected chi connectivity index (χ4v) is 4.93. The number of nitrogens with zero attached hydrogens (tertiary/aromatic N) is 2. The van der Waals surface area contributed by atoms with Crippen LogP contribution in [0.4, 0.5) is 0 Å². The molecule has 0 aliphatic rings. The first-order chi connectivity index (χ1) is 14.6. The zero-order chi connectivity index (χ0) is 21.3. The Bertz CT molecular complexity index is 911. The number of hydrogen-bond acceptors (Lipinski definition) is 3. The van der Waals surface area contributed by atoms with Crippen molar-refractivity contribution in [2.45, 2.75) is 59.0 Å². The van der Waals surface area contributed by atoms with Crippen molar-refractivity contribution in [3.63, 3.8) is 0 Å². The van der Waals surface area contributed by atoms with Crippen LogP contribution in [0.3, 0.4) is 0 Å². The average Bonchev–Trinajstić information content (AvgIpc) is 3.34. The van der Waals surface area contributed by atoms with E-state index in [1.807, 2.05) is 6.07 Å². The number of amides is 1. The zero-order valence-electron chi connectivity index (χ0n) is 18.6. The van der Waals surface area contributed by atoms with Gasteiger partial charge in [0.2, 0.25) is 0 Å². The summed E-state index contributed by atoms with van der Waals surface area (Å²) in [5.74, 6) is 0.0495. The van der Waals surface area contributed by atoms with Crippen LogP contribution in [-0.2, 0) is 13.0 Å². The lowest BCUT2D eigenvalue weighted by atomic mass is 10.1. The Morgan fingerprint density at radius 3 is 2.63 bits per heavy atom. The molecule has 0 bridgehead atoms. The number of carbonyl (C=O) groups is 1. The third-order valence-corrected chi connectivity index (χ3v) is 6.76. The van der Waals surface area contributed by atoms with Crippen LogP contribution >= 0.6 is 11.3 Å². The molecule has 162 valence electrons. The van der Waals surface area contributed by atoms with Gasteiger partial charge in [0, 0.05) is 18.0 Å². The minimum absolute atomic E-state index is 0.0495. The largest absolute Gasteiger partial charge is 0.348 e. The van der Waals surface area contributed by atoms with Crippen molar-refractivity contribution in [3.05, 3.63) is 59.1 Å². The number of aryl methyl sites for hydroxylation is 2. The molecular weight excluding hydrogens is 390 g/mol. The Balaban J connectivity index is 1.59. The molecule has 3 aromatic rings. The average molecular weight is 426 g/mol. The van der Waals surface area contributed by atoms with Gasteiger partial charge < -0.3 is 14.8 Å². The van der Waals surface area contributed by atoms with Gasteiger partial charge in [0.15, 0.2) is 0 Å². The molecule has 1 aromatic carbocycles. The van der Waals surface area contributed by atoms with E-state index in [2.05, 4.69) is 77.3 Å². The second-order valence-corrected chi connectivity index (χ2v) is 8.89. The summed E-state index contributed by atoms with van der Waals surface area (Å²) in [5, 5.41) is 6.50. The molecule has 1 amide bonds. The van der Waals surface area contributed by atoms with E-state index in [4.69, 9.17) is 0 Å². The number of aromatic nitrogens is 1. The number of thiophene rings is 1. The Labute approximate surface area is 184 Å². The molecule has 2 aromatic heterocycles. The van der Waals surface area contributed by atoms with Crippen LogP contribution in [-0.4, -0.2) is 41.1 Å². The van der Waals surface area contributed by atoms with Gasteiger partial charge in [0.1, 0.15) is 10.5 Å². The first-order valence-corrected chi connectivity index (χ1v) is 12.1. The third kappa shape index (κ3) is 5.96. The van der Waals surface area contributed by atoms with Crippen LogP contribution in [0.1, 0.15) is 56.1 Å². The van der Waals surface area contributed by atoms with E-state index in [1.165, 1.54) is 15.8 Å². The van der Waals surface area contributed by atoms with Gasteiger partial charge in [-0.1, -0.05) is 44.2 Å². The van der Waals surface area contributed by atoms with Crippen LogP contribution in [0, 0.1) is 0 Å². The molecule has 0 spiro atoms. The predicted molar refractivity (Wildman–Crippen MR) is 129 cm³/mol. The molecule has 2 heterocycles. The lowest BCUT2D eigenvalue weighted by Crippen LogP contribution is -2.34. The van der Waals surface area contributed by atoms with E-state index in [9.17, 15) is 4.79 Å². The third-order valence-electron chi connectivity index (χ3n) is 5.81. The smallest absolute Gasteiger partial charge is 0.268 e. The molecule has 4 nitrogen and oxygen atoms in total. The molecule has 1 unspecified atom stereocenters. The molecule has 0 aliphatic heterocycles. The van der Waals surface area contributed by atoms with Gasteiger partial charge in [-0.3, -0.25) is 4.79 Å². The summed E-state index contributed by atoms with van der Waals surface area (Å²) < 4.78 is 2.21. The Morgan fingerprint density at radius 2 is 1.90 bits per heavy atom. The maximum absolute atomic E-state index is 13.0. The maximum Gasteiger partial charge on any atom is 0.268 e. The first kappa shape index (κ1) is 22.6. The molecule has 1 N–H and O–H groups in total. The summed E-state index contributed by atoms with van der Waals surface area (Å²) in [7, 11) is 0. The minimum Gasteiger partial charge on any atom is -0.348 e. The van der Waals surface area contributed by atoms with Gasteiger partial charge in [0.05, 0.1) is 0 Å². The fourth-order valence-electron chi connectivity index (χ4n) is 4.00. The number of rotatable bonds is 12. The molecule has 0 saturated carbocycles. The van der Waals surface area contributed by atoms with Crippen molar-refractivity contribution < 1.29 is 4.79 Å². The van der Waals surface area contributed by atoms with Crippen LogP contribution in [0.15, 0.2) is 47.8 Å². The van der Waals surface area contributed by atoms with Crippen LogP contribution in [0.5, 0.6) is 0 Å². The maximum atomic E-state index is 13.0. The van der Waals surface area contributed by atoms with E-state index in [0.29, 0.717) is 0 Å². The van der Waals surface area contributed by atoms with E-state index < -0.39 is 0 Å². The summed E-state index contributed by atoms with van der Waals surface area (Å²) in [6, 6.07) is 14.9. The van der Waals surface area contributed by atoms with E-state index in [-0.39, 0.29) is 11.9 Å². The fraction of sp³-hybridized carbons (Fsp3) is 0.480. The van der Waals surface area contributed by atoms with Gasteiger partial charge in [-0.15, -0.1) is 11.3 Å². The molecule has 0 aliphatic carbocycles. The van der Waals surface area contributed by atoms with Crippen molar-refractivity contribution in [2.75, 3.05) is 19.6 Å². The quantitative estimate of drug-likeness (QED) is 0.411. The number of carbonyl (C=O) groups excluding carboxylic acids is 1. The van der Waals surface area contributed by atoms with Crippen molar-refractivity contribution in [3.8, 4) is 0 Å². The zero-order valence-corrected chi connectivity index (χ0v) is 19.4. The van der Waals surface area contributed by atoms with Gasteiger partial charge >= 0.3 is 0 Å². The van der Waals surface area contributed by atoms with Gasteiger partial charge in [-0.25, -0.2) is 0 Å². The first-order valence-electron chi connectivity index (χ1n) is 11.3. The Hall–Kier alpha value is -2.11. The summed E-state index contributed by atoms with van der Waals surface area (Å²) in [5.41, 5.74) is 2.14. The van der Waals surface area contributed by atoms with Gasteiger partial charge in [-0.05, 0) is 75.3 Å². The lowest BCUT2D eigenvalue weighted by molar-refractivity contribution is 0.0928. The second kappa shape index (κ2) is 11.3. The topological polar surface area (TPSA) is 37.3 Å². The summed E-state index contributed by atoms with van der Waals surface area (Å²) in [4.78, 5) is 16.7. The predicted octanol–water partition coefficient (Wildman–Crippen LogP) is 5.58. The van der Waals surface area contributed by atoms with Crippen LogP contribution in [0.2, 0.25) is 0 Å². The molecule has 0 saturated heterocycles. The molecule has 3 rings (SSSR count). The monoisotopic (exact) mass is 425 g/mol. The van der Waals surface area contributed by atoms with Crippen molar-refractivity contribution in [2.24, 2.45) is 0 Å². The van der Waals surface area contributed by atoms with E-state index in [1.54, 1.807) is 11.3 Å². The van der Waals surface area contributed by atoms with Gasteiger partial charge in [0.25, 0.3) is 5.91 Å². The van der Waals surface area contributed by atoms with Crippen molar-refractivity contribution >= 4 is 27.5 Å². The molecule has 0 fully saturated rings. The molecule has 30 heavy (non-hydrogen) atoms. The summed E-state index contributed by atoms with van der Waals surface area (Å²) in [6.45, 7) is 10.6. The van der Waals surface area contributed by atoms with Crippen LogP contribution < -0.4 is 5.32 Å². The molecular formula is C25H35N3OS. The molecule has 5 heteroatoms. The molecule has 1 atom stereocenters. The highest BCUT2D eigenvalue weighted by Crippen LogP contribution is 2.26. The standard InChI is InChI=1S/C25H35N3OS/c1-4-27(5-2)16-9-11-20(3)26-24(29)23-19-22-15-18-30-25(22)28(23)17-10-14-21-12-7-6-8-13-21/h6-8,12-13,15,18-20H,4-5,9-11,14,16-17H2,1-3H3,(H,26,29). The Kier molecular flexibility index (Phi) is 8.52. The second-order valence-electron chi connectivity index (χ2n) is 8.00. The lowest BCUT2D eigenvalue weighted by Gasteiger charge is -2.20. The van der Waals surface area contributed by atoms with E-state index in [0.717, 1.165) is 57.6 Å². The summed E-state index contributed by atoms with van der Waals surface area (Å²) in [6.07, 6.45) is 4.15. The number of benzene rings is 1. The highest BCUT2D eigenvalue weighted by Gasteiger charge is 2.18. The summed E-state index contributed by atoms with van der Waals surface area (Å²) >= 11 is 1.72. The minimum atomic E-state index is 0.0495.